The third-order valence-corrected chi connectivity index (χ3v) is 4.76. The molecule has 140 valence electrons. The monoisotopic (exact) mass is 416 g/mol. The van der Waals surface area contributed by atoms with Crippen LogP contribution in [0.15, 0.2) is 52.0 Å². The molecule has 1 aliphatic heterocycles. The Morgan fingerprint density at radius 2 is 1.82 bits per heavy atom. The van der Waals surface area contributed by atoms with Crippen molar-refractivity contribution in [1.29, 1.82) is 0 Å². The lowest BCUT2D eigenvalue weighted by Gasteiger charge is -2.28. The molecule has 2 N–H and O–H groups in total. The Labute approximate surface area is 167 Å². The van der Waals surface area contributed by atoms with Crippen molar-refractivity contribution in [3.63, 3.8) is 0 Å². The highest BCUT2D eigenvalue weighted by molar-refractivity contribution is 6.67. The van der Waals surface area contributed by atoms with Gasteiger partial charge in [-0.25, -0.2) is 9.88 Å². The number of imide groups is 1. The zero-order chi connectivity index (χ0) is 20.0. The van der Waals surface area contributed by atoms with E-state index in [4.69, 9.17) is 33.5 Å². The molecule has 1 atom stereocenters. The number of rotatable bonds is 2. The van der Waals surface area contributed by atoms with Crippen LogP contribution in [0, 0.1) is 0 Å². The first-order valence-corrected chi connectivity index (χ1v) is 8.69. The minimum Gasteiger partial charge on any atom is -0.439 e. The van der Waals surface area contributed by atoms with Crippen LogP contribution >= 0.6 is 23.2 Å². The van der Waals surface area contributed by atoms with E-state index in [0.29, 0.717) is 21.0 Å². The van der Waals surface area contributed by atoms with Crippen molar-refractivity contribution in [1.82, 2.24) is 4.98 Å². The molecule has 0 saturated carbocycles. The lowest BCUT2D eigenvalue weighted by Crippen LogP contribution is -2.55. The number of hydrogen-bond donors (Lipinski definition) is 1. The Kier molecular flexibility index (Phi) is 4.37. The zero-order valence-corrected chi connectivity index (χ0v) is 15.4. The first kappa shape index (κ1) is 18.1. The summed E-state index contributed by atoms with van der Waals surface area (Å²) < 4.78 is 5.55. The third kappa shape index (κ3) is 2.74. The number of para-hydroxylation sites is 2. The number of nitrogens with zero attached hydrogens (tertiary/aromatic N) is 3. The average Bonchev–Trinajstić information content (AvgIpc) is 3.09. The van der Waals surface area contributed by atoms with Crippen LogP contribution in [0.1, 0.15) is 11.8 Å². The summed E-state index contributed by atoms with van der Waals surface area (Å²) in [5.41, 5.74) is 0.461. The van der Waals surface area contributed by atoms with Gasteiger partial charge in [-0.2, -0.15) is 5.10 Å². The molecule has 2 aromatic carbocycles. The normalized spacial score (nSPS) is 19.1. The first-order chi connectivity index (χ1) is 13.4. The van der Waals surface area contributed by atoms with Gasteiger partial charge in [0, 0.05) is 5.02 Å². The number of aromatic nitrogens is 1. The molecular weight excluding hydrogens is 407 g/mol. The molecular formula is C18H10Cl2N4O4. The van der Waals surface area contributed by atoms with Gasteiger partial charge in [0.25, 0.3) is 5.91 Å². The Hall–Kier alpha value is -3.23. The third-order valence-electron chi connectivity index (χ3n) is 4.22. The molecule has 1 saturated heterocycles. The van der Waals surface area contributed by atoms with Crippen LogP contribution in [0.3, 0.4) is 0 Å². The van der Waals surface area contributed by atoms with E-state index in [0.717, 1.165) is 0 Å². The number of piperidine rings is 1. The van der Waals surface area contributed by atoms with Gasteiger partial charge >= 0.3 is 5.91 Å². The predicted molar refractivity (Wildman–Crippen MR) is 102 cm³/mol. The molecule has 1 aromatic heterocycles. The fourth-order valence-corrected chi connectivity index (χ4v) is 3.43. The number of benzene rings is 2. The molecule has 0 radical (unpaired) electrons. The number of fused-ring (bicyclic) bond motifs is 1. The number of Topliss-reactive ketones (excluding diaryl/α,β-unsaturated/α-hetero) is 1. The van der Waals surface area contributed by atoms with E-state index in [1.165, 1.54) is 18.2 Å². The molecule has 8 nitrogen and oxygen atoms in total. The molecule has 0 aliphatic carbocycles. The van der Waals surface area contributed by atoms with E-state index < -0.39 is 23.5 Å². The summed E-state index contributed by atoms with van der Waals surface area (Å²) in [5, 5.41) is 3.76. The number of carbonyl (C=O) groups excluding carboxylic acids is 3. The maximum atomic E-state index is 12.9. The highest BCUT2D eigenvalue weighted by atomic mass is 35.5. The van der Waals surface area contributed by atoms with Gasteiger partial charge in [-0.3, -0.25) is 14.4 Å². The van der Waals surface area contributed by atoms with Gasteiger partial charge < -0.3 is 10.3 Å². The number of carbonyl (C=O) groups is 3. The van der Waals surface area contributed by atoms with Crippen molar-refractivity contribution < 1.29 is 18.8 Å². The van der Waals surface area contributed by atoms with Gasteiger partial charge in [0.05, 0.1) is 10.7 Å². The standard InChI is InChI=1S/C18H10Cl2N4O4/c19-8-5-6-11(9(20)7-8)24-17(26)14(23-21)13(15(25)18(24)27)16-22-10-3-1-2-4-12(10)28-16/h1-7,13H,21H2/b23-14+/t13-/m1/s1. The second-order valence-corrected chi connectivity index (χ2v) is 6.72. The molecule has 3 aromatic rings. The molecule has 28 heavy (non-hydrogen) atoms. The van der Waals surface area contributed by atoms with Crippen LogP contribution in [0.4, 0.5) is 5.69 Å². The zero-order valence-electron chi connectivity index (χ0n) is 13.9. The van der Waals surface area contributed by atoms with Gasteiger partial charge in [-0.05, 0) is 30.3 Å². The van der Waals surface area contributed by atoms with Crippen molar-refractivity contribution in [2.24, 2.45) is 10.9 Å². The van der Waals surface area contributed by atoms with E-state index in [9.17, 15) is 14.4 Å². The fraction of sp³-hybridized carbons (Fsp3) is 0.0556. The number of amides is 2. The van der Waals surface area contributed by atoms with Gasteiger partial charge in [0.15, 0.2) is 11.5 Å². The molecule has 2 heterocycles. The molecule has 0 spiro atoms. The van der Waals surface area contributed by atoms with Gasteiger partial charge in [-0.1, -0.05) is 35.3 Å². The quantitative estimate of drug-likeness (QED) is 0.296. The maximum absolute atomic E-state index is 12.9. The minimum atomic E-state index is -1.44. The molecule has 2 amide bonds. The van der Waals surface area contributed by atoms with E-state index in [-0.39, 0.29) is 22.3 Å². The number of halogens is 2. The summed E-state index contributed by atoms with van der Waals surface area (Å²) in [7, 11) is 0. The van der Waals surface area contributed by atoms with Gasteiger partial charge in [-0.15, -0.1) is 0 Å². The molecule has 10 heteroatoms. The number of hydrogen-bond acceptors (Lipinski definition) is 7. The summed E-state index contributed by atoms with van der Waals surface area (Å²) in [6.45, 7) is 0. The number of ketones is 1. The molecule has 4 rings (SSSR count). The van der Waals surface area contributed by atoms with Crippen molar-refractivity contribution in [3.8, 4) is 0 Å². The van der Waals surface area contributed by atoms with Crippen LogP contribution < -0.4 is 10.7 Å². The van der Waals surface area contributed by atoms with Gasteiger partial charge in [0.1, 0.15) is 11.2 Å². The molecule has 0 unspecified atom stereocenters. The smallest absolute Gasteiger partial charge is 0.302 e. The number of oxazole rings is 1. The highest BCUT2D eigenvalue weighted by Gasteiger charge is 2.49. The second-order valence-electron chi connectivity index (χ2n) is 5.87. The Balaban J connectivity index is 1.82. The lowest BCUT2D eigenvalue weighted by molar-refractivity contribution is -0.139. The van der Waals surface area contributed by atoms with Crippen LogP contribution in [-0.2, 0) is 14.4 Å². The first-order valence-electron chi connectivity index (χ1n) is 7.93. The van der Waals surface area contributed by atoms with Crippen LogP contribution in [-0.4, -0.2) is 28.3 Å². The SMILES string of the molecule is N/N=C1/C(=O)N(c2ccc(Cl)cc2Cl)C(=O)C(=O)[C@@H]1c1nc2ccccc2o1. The summed E-state index contributed by atoms with van der Waals surface area (Å²) in [6.07, 6.45) is 0. The lowest BCUT2D eigenvalue weighted by atomic mass is 9.91. The van der Waals surface area contributed by atoms with E-state index in [2.05, 4.69) is 10.1 Å². The minimum absolute atomic E-state index is 0.00779. The summed E-state index contributed by atoms with van der Waals surface area (Å²) in [6, 6.07) is 10.9. The second kappa shape index (κ2) is 6.74. The van der Waals surface area contributed by atoms with E-state index in [1.807, 2.05) is 0 Å². The Morgan fingerprint density at radius 3 is 2.50 bits per heavy atom. The van der Waals surface area contributed by atoms with E-state index >= 15 is 0 Å². The van der Waals surface area contributed by atoms with Crippen molar-refractivity contribution in [3.05, 3.63) is 58.4 Å². The summed E-state index contributed by atoms with van der Waals surface area (Å²) in [5.74, 6) is 0.821. The average molecular weight is 417 g/mol. The predicted octanol–water partition coefficient (Wildman–Crippen LogP) is 2.68. The Bertz CT molecular complexity index is 1150. The summed E-state index contributed by atoms with van der Waals surface area (Å²) >= 11 is 11.9. The molecule has 0 bridgehead atoms. The highest BCUT2D eigenvalue weighted by Crippen LogP contribution is 2.34. The summed E-state index contributed by atoms with van der Waals surface area (Å²) in [4.78, 5) is 43.3. The fourth-order valence-electron chi connectivity index (χ4n) is 2.94. The van der Waals surface area contributed by atoms with Crippen molar-refractivity contribution >= 4 is 63.3 Å². The van der Waals surface area contributed by atoms with E-state index in [1.54, 1.807) is 24.3 Å². The largest absolute Gasteiger partial charge is 0.439 e. The van der Waals surface area contributed by atoms with Crippen LogP contribution in [0.5, 0.6) is 0 Å². The van der Waals surface area contributed by atoms with Crippen LogP contribution in [0.25, 0.3) is 11.1 Å². The number of hydrazone groups is 1. The topological polar surface area (TPSA) is 119 Å². The molecule has 1 fully saturated rings. The number of anilines is 1. The van der Waals surface area contributed by atoms with Crippen molar-refractivity contribution in [2.45, 2.75) is 5.92 Å². The van der Waals surface area contributed by atoms with Crippen LogP contribution in [0.2, 0.25) is 10.0 Å². The number of nitrogens with two attached hydrogens (primary N) is 1. The molecule has 1 aliphatic rings. The van der Waals surface area contributed by atoms with Crippen molar-refractivity contribution in [2.75, 3.05) is 4.90 Å². The maximum Gasteiger partial charge on any atom is 0.302 e. The van der Waals surface area contributed by atoms with Gasteiger partial charge in [0.2, 0.25) is 11.7 Å². The Morgan fingerprint density at radius 1 is 1.07 bits per heavy atom.